The molecule has 0 unspecified atom stereocenters. The Balaban J connectivity index is 0.00000147. The molecular formula is C9H7N7O2PbS. The van der Waals surface area contributed by atoms with Crippen molar-refractivity contribution in [2.45, 2.75) is 10.1 Å². The SMILES string of the molecule is Cn1cnc([N+](=O)[O-])c1Sc1ncnc2nc[nH]c12.[Pb]. The Morgan fingerprint density at radius 3 is 2.90 bits per heavy atom. The average molecular weight is 484 g/mol. The fraction of sp³-hybridized carbons (Fsp3) is 0.111. The van der Waals surface area contributed by atoms with Crippen molar-refractivity contribution >= 4 is 56.0 Å². The third-order valence-corrected chi connectivity index (χ3v) is 3.59. The molecule has 11 heteroatoms. The van der Waals surface area contributed by atoms with Crippen LogP contribution in [0.5, 0.6) is 0 Å². The van der Waals surface area contributed by atoms with Gasteiger partial charge in [0, 0.05) is 34.3 Å². The summed E-state index contributed by atoms with van der Waals surface area (Å²) in [5.41, 5.74) is 1.16. The molecular weight excluding hydrogens is 477 g/mol. The van der Waals surface area contributed by atoms with Crippen LogP contribution in [0.3, 0.4) is 0 Å². The first kappa shape index (κ1) is 14.8. The van der Waals surface area contributed by atoms with Crippen LogP contribution < -0.4 is 0 Å². The molecule has 0 fully saturated rings. The number of aromatic amines is 1. The van der Waals surface area contributed by atoms with Gasteiger partial charge in [0.25, 0.3) is 0 Å². The van der Waals surface area contributed by atoms with Crippen LogP contribution in [-0.4, -0.2) is 61.7 Å². The number of aromatic nitrogens is 6. The third kappa shape index (κ3) is 2.52. The molecule has 0 atom stereocenters. The van der Waals surface area contributed by atoms with Gasteiger partial charge >= 0.3 is 5.82 Å². The standard InChI is InChI=1S/C9H7N7O2S.Pb/c1-15-4-14-7(16(17)18)9(15)19-8-5-6(11-2-10-5)12-3-13-8;/h2-4H,1H3,(H,10,11,12,13);. The van der Waals surface area contributed by atoms with E-state index in [0.29, 0.717) is 21.2 Å². The Morgan fingerprint density at radius 1 is 1.35 bits per heavy atom. The average Bonchev–Trinajstić information content (AvgIpc) is 2.97. The summed E-state index contributed by atoms with van der Waals surface area (Å²) in [6.07, 6.45) is 4.26. The molecule has 0 amide bonds. The predicted octanol–water partition coefficient (Wildman–Crippen LogP) is 0.765. The molecule has 100 valence electrons. The quantitative estimate of drug-likeness (QED) is 0.253. The maximum absolute atomic E-state index is 10.9. The topological polar surface area (TPSA) is 115 Å². The van der Waals surface area contributed by atoms with Crippen molar-refractivity contribution in [3.8, 4) is 0 Å². The van der Waals surface area contributed by atoms with Gasteiger partial charge in [-0.1, -0.05) is 0 Å². The van der Waals surface area contributed by atoms with E-state index < -0.39 is 4.92 Å². The first-order valence-electron chi connectivity index (χ1n) is 5.14. The molecule has 9 nitrogen and oxygen atoms in total. The van der Waals surface area contributed by atoms with Gasteiger partial charge in [0.1, 0.15) is 16.9 Å². The summed E-state index contributed by atoms with van der Waals surface area (Å²) < 4.78 is 1.58. The van der Waals surface area contributed by atoms with Crippen LogP contribution in [0.2, 0.25) is 0 Å². The minimum absolute atomic E-state index is 0. The summed E-state index contributed by atoms with van der Waals surface area (Å²) in [7, 11) is 1.69. The van der Waals surface area contributed by atoms with Gasteiger partial charge in [0.2, 0.25) is 6.33 Å². The van der Waals surface area contributed by atoms with E-state index in [-0.39, 0.29) is 33.1 Å². The number of rotatable bonds is 3. The predicted molar refractivity (Wildman–Crippen MR) is 71.4 cm³/mol. The summed E-state index contributed by atoms with van der Waals surface area (Å²) in [5, 5.41) is 11.9. The smallest absolute Gasteiger partial charge is 0.358 e. The van der Waals surface area contributed by atoms with Crippen molar-refractivity contribution in [3.05, 3.63) is 29.1 Å². The van der Waals surface area contributed by atoms with Crippen LogP contribution in [0.4, 0.5) is 5.82 Å². The molecule has 0 aliphatic heterocycles. The van der Waals surface area contributed by atoms with E-state index in [0.717, 1.165) is 11.8 Å². The van der Waals surface area contributed by atoms with E-state index in [2.05, 4.69) is 24.9 Å². The molecule has 3 heterocycles. The van der Waals surface area contributed by atoms with Crippen molar-refractivity contribution in [2.75, 3.05) is 0 Å². The minimum Gasteiger partial charge on any atom is -0.358 e. The Morgan fingerprint density at radius 2 is 2.15 bits per heavy atom. The first-order valence-corrected chi connectivity index (χ1v) is 5.96. The number of hydrogen-bond acceptors (Lipinski definition) is 7. The van der Waals surface area contributed by atoms with Gasteiger partial charge in [-0.15, -0.1) is 0 Å². The largest absolute Gasteiger partial charge is 0.396 e. The zero-order valence-electron chi connectivity index (χ0n) is 10.1. The molecule has 3 aromatic rings. The van der Waals surface area contributed by atoms with E-state index >= 15 is 0 Å². The molecule has 1 N–H and O–H groups in total. The molecule has 0 spiro atoms. The van der Waals surface area contributed by atoms with Crippen molar-refractivity contribution in [3.63, 3.8) is 0 Å². The summed E-state index contributed by atoms with van der Waals surface area (Å²) in [6, 6.07) is 0. The van der Waals surface area contributed by atoms with Gasteiger partial charge < -0.3 is 19.7 Å². The number of nitrogens with one attached hydrogen (secondary N) is 1. The van der Waals surface area contributed by atoms with Crippen LogP contribution in [0.25, 0.3) is 11.2 Å². The third-order valence-electron chi connectivity index (χ3n) is 2.42. The summed E-state index contributed by atoms with van der Waals surface area (Å²) in [4.78, 5) is 29.2. The molecule has 4 radical (unpaired) electrons. The summed E-state index contributed by atoms with van der Waals surface area (Å²) >= 11 is 1.15. The zero-order valence-corrected chi connectivity index (χ0v) is 14.8. The molecule has 0 saturated heterocycles. The van der Waals surface area contributed by atoms with Gasteiger partial charge in [-0.2, -0.15) is 0 Å². The Bertz CT molecular complexity index is 771. The second kappa shape index (κ2) is 5.82. The summed E-state index contributed by atoms with van der Waals surface area (Å²) in [5.74, 6) is -0.196. The van der Waals surface area contributed by atoms with Crippen LogP contribution in [0.15, 0.2) is 29.0 Å². The Labute approximate surface area is 136 Å². The Kier molecular flexibility index (Phi) is 4.32. The molecule has 0 aliphatic rings. The Hall–Kier alpha value is -1.57. The molecule has 20 heavy (non-hydrogen) atoms. The molecule has 3 aromatic heterocycles. The van der Waals surface area contributed by atoms with Gasteiger partial charge in [-0.05, 0) is 21.7 Å². The summed E-state index contributed by atoms with van der Waals surface area (Å²) in [6.45, 7) is 0. The molecule has 0 aliphatic carbocycles. The molecule has 3 rings (SSSR count). The van der Waals surface area contributed by atoms with Crippen molar-refractivity contribution in [1.29, 1.82) is 0 Å². The maximum Gasteiger partial charge on any atom is 0.396 e. The van der Waals surface area contributed by atoms with Crippen molar-refractivity contribution in [2.24, 2.45) is 7.05 Å². The second-order valence-corrected chi connectivity index (χ2v) is 4.60. The van der Waals surface area contributed by atoms with E-state index in [4.69, 9.17) is 0 Å². The minimum atomic E-state index is -0.520. The number of imidazole rings is 2. The number of aryl methyl sites for hydroxylation is 1. The molecule has 0 bridgehead atoms. The maximum atomic E-state index is 10.9. The fourth-order valence-electron chi connectivity index (χ4n) is 1.56. The van der Waals surface area contributed by atoms with Gasteiger partial charge in [0.05, 0.1) is 6.33 Å². The van der Waals surface area contributed by atoms with E-state index in [1.165, 1.54) is 19.0 Å². The van der Waals surface area contributed by atoms with Crippen LogP contribution in [-0.2, 0) is 7.05 Å². The van der Waals surface area contributed by atoms with Crippen molar-refractivity contribution < 1.29 is 4.92 Å². The van der Waals surface area contributed by atoms with Gasteiger partial charge in [0.15, 0.2) is 10.7 Å². The van der Waals surface area contributed by atoms with Crippen LogP contribution in [0, 0.1) is 10.1 Å². The number of nitro groups is 1. The van der Waals surface area contributed by atoms with Crippen LogP contribution >= 0.6 is 11.8 Å². The zero-order chi connectivity index (χ0) is 13.4. The van der Waals surface area contributed by atoms with Crippen molar-refractivity contribution in [1.82, 2.24) is 29.5 Å². The van der Waals surface area contributed by atoms with E-state index in [1.807, 2.05) is 0 Å². The number of hydrogen-bond donors (Lipinski definition) is 1. The molecule has 0 aromatic carbocycles. The fourth-order valence-corrected chi connectivity index (χ4v) is 2.51. The van der Waals surface area contributed by atoms with Crippen LogP contribution in [0.1, 0.15) is 0 Å². The number of fused-ring (bicyclic) bond motifs is 1. The van der Waals surface area contributed by atoms with E-state index in [9.17, 15) is 10.1 Å². The number of H-pyrrole nitrogens is 1. The van der Waals surface area contributed by atoms with Gasteiger partial charge in [-0.3, -0.25) is 0 Å². The second-order valence-electron chi connectivity index (χ2n) is 3.62. The monoisotopic (exact) mass is 485 g/mol. The normalized spacial score (nSPS) is 10.4. The van der Waals surface area contributed by atoms with Gasteiger partial charge in [-0.25, -0.2) is 15.0 Å². The molecule has 0 saturated carbocycles. The first-order chi connectivity index (χ1) is 9.16. The van der Waals surface area contributed by atoms with E-state index in [1.54, 1.807) is 11.6 Å². The number of nitrogens with zero attached hydrogens (tertiary/aromatic N) is 6.